The number of guanidine groups is 1. The van der Waals surface area contributed by atoms with Gasteiger partial charge in [-0.1, -0.05) is 6.42 Å². The molecule has 1 unspecified atom stereocenters. The van der Waals surface area contributed by atoms with E-state index in [-0.39, 0.29) is 41.4 Å². The topological polar surface area (TPSA) is 80.0 Å². The zero-order chi connectivity index (χ0) is 14.6. The Balaban J connectivity index is 0.00000220. The van der Waals surface area contributed by atoms with Gasteiger partial charge >= 0.3 is 0 Å². The lowest BCUT2D eigenvalue weighted by Gasteiger charge is -2.39. The first-order valence-electron chi connectivity index (χ1n) is 7.52. The molecule has 0 radical (unpaired) electrons. The molecular weight excluding hydrogens is 383 g/mol. The van der Waals surface area contributed by atoms with Crippen LogP contribution >= 0.6 is 24.0 Å². The van der Waals surface area contributed by atoms with Crippen molar-refractivity contribution in [3.63, 3.8) is 0 Å². The Kier molecular flexibility index (Phi) is 7.19. The van der Waals surface area contributed by atoms with Gasteiger partial charge in [0.25, 0.3) is 0 Å². The van der Waals surface area contributed by atoms with Crippen LogP contribution in [0.3, 0.4) is 0 Å². The van der Waals surface area contributed by atoms with Gasteiger partial charge in [0.1, 0.15) is 0 Å². The normalized spacial score (nSPS) is 24.8. The van der Waals surface area contributed by atoms with Crippen LogP contribution in [0.1, 0.15) is 33.1 Å². The van der Waals surface area contributed by atoms with Crippen LogP contribution in [0.25, 0.3) is 0 Å². The van der Waals surface area contributed by atoms with Crippen molar-refractivity contribution in [2.24, 2.45) is 16.1 Å². The van der Waals surface area contributed by atoms with E-state index in [9.17, 15) is 4.79 Å². The van der Waals surface area contributed by atoms with Crippen LogP contribution in [0.4, 0.5) is 0 Å². The lowest BCUT2D eigenvalue weighted by atomic mass is 9.68. The Hall–Kier alpha value is -0.570. The quantitative estimate of drug-likeness (QED) is 0.411. The molecule has 0 spiro atoms. The summed E-state index contributed by atoms with van der Waals surface area (Å²) >= 11 is 0. The first-order chi connectivity index (χ1) is 9.57. The number of carbonyl (C=O) groups is 1. The second-order valence-corrected chi connectivity index (χ2v) is 5.80. The van der Waals surface area contributed by atoms with Gasteiger partial charge in [-0.15, -0.1) is 24.0 Å². The predicted molar refractivity (Wildman–Crippen MR) is 93.9 cm³/mol. The minimum absolute atomic E-state index is 0. The fourth-order valence-corrected chi connectivity index (χ4v) is 2.77. The average molecular weight is 410 g/mol. The number of nitrogens with two attached hydrogens (primary N) is 1. The summed E-state index contributed by atoms with van der Waals surface area (Å²) in [5, 5.41) is 2.92. The van der Waals surface area contributed by atoms with Gasteiger partial charge in [-0.3, -0.25) is 9.79 Å². The minimum Gasteiger partial charge on any atom is -0.375 e. The van der Waals surface area contributed by atoms with E-state index in [0.717, 1.165) is 32.4 Å². The lowest BCUT2D eigenvalue weighted by Crippen LogP contribution is -2.50. The van der Waals surface area contributed by atoms with Gasteiger partial charge in [0, 0.05) is 19.6 Å². The number of rotatable bonds is 4. The van der Waals surface area contributed by atoms with Crippen molar-refractivity contribution in [2.45, 2.75) is 39.2 Å². The Morgan fingerprint density at radius 1 is 1.52 bits per heavy atom. The molecular formula is C14H27IN4O2. The lowest BCUT2D eigenvalue weighted by molar-refractivity contribution is -0.135. The summed E-state index contributed by atoms with van der Waals surface area (Å²) in [5.74, 6) is 0.661. The SMILES string of the molecule is CCNC(=O)C1(CN=C(N)N2CCOC(C)C2)CCC1.I. The minimum atomic E-state index is -0.321. The summed E-state index contributed by atoms with van der Waals surface area (Å²) < 4.78 is 5.49. The van der Waals surface area contributed by atoms with E-state index in [2.05, 4.69) is 10.3 Å². The molecule has 1 saturated heterocycles. The van der Waals surface area contributed by atoms with Gasteiger partial charge in [-0.05, 0) is 26.7 Å². The molecule has 2 fully saturated rings. The summed E-state index contributed by atoms with van der Waals surface area (Å²) in [4.78, 5) is 18.7. The van der Waals surface area contributed by atoms with Crippen molar-refractivity contribution >= 4 is 35.8 Å². The molecule has 7 heteroatoms. The molecule has 1 heterocycles. The number of morpholine rings is 1. The zero-order valence-electron chi connectivity index (χ0n) is 12.9. The third kappa shape index (κ3) is 4.45. The molecule has 1 aliphatic carbocycles. The van der Waals surface area contributed by atoms with E-state index in [1.807, 2.05) is 18.7 Å². The molecule has 0 aromatic carbocycles. The van der Waals surface area contributed by atoms with Gasteiger partial charge in [0.05, 0.1) is 24.7 Å². The summed E-state index contributed by atoms with van der Waals surface area (Å²) in [6.07, 6.45) is 3.10. The van der Waals surface area contributed by atoms with E-state index >= 15 is 0 Å². The Labute approximate surface area is 143 Å². The summed E-state index contributed by atoms with van der Waals surface area (Å²) in [6.45, 7) is 7.35. The van der Waals surface area contributed by atoms with Crippen LogP contribution in [0.5, 0.6) is 0 Å². The standard InChI is InChI=1S/C14H26N4O2.HI/c1-3-16-12(19)14(5-4-6-14)10-17-13(15)18-7-8-20-11(2)9-18;/h11H,3-10H2,1-2H3,(H2,15,17)(H,16,19);1H. The molecule has 21 heavy (non-hydrogen) atoms. The average Bonchev–Trinajstić information content (AvgIpc) is 2.37. The molecule has 1 atom stereocenters. The van der Waals surface area contributed by atoms with Gasteiger partial charge in [0.2, 0.25) is 5.91 Å². The van der Waals surface area contributed by atoms with E-state index in [1.54, 1.807) is 0 Å². The van der Waals surface area contributed by atoms with Crippen molar-refractivity contribution in [3.8, 4) is 0 Å². The number of hydrogen-bond donors (Lipinski definition) is 2. The van der Waals surface area contributed by atoms with Crippen molar-refractivity contribution in [1.29, 1.82) is 0 Å². The second kappa shape index (κ2) is 8.17. The maximum Gasteiger partial charge on any atom is 0.228 e. The number of carbonyl (C=O) groups excluding carboxylic acids is 1. The van der Waals surface area contributed by atoms with E-state index in [1.165, 1.54) is 0 Å². The summed E-state index contributed by atoms with van der Waals surface area (Å²) in [7, 11) is 0. The van der Waals surface area contributed by atoms with Crippen LogP contribution in [0, 0.1) is 5.41 Å². The molecule has 0 aromatic heterocycles. The van der Waals surface area contributed by atoms with Crippen molar-refractivity contribution in [3.05, 3.63) is 0 Å². The number of hydrogen-bond acceptors (Lipinski definition) is 3. The summed E-state index contributed by atoms with van der Waals surface area (Å²) in [6, 6.07) is 0. The molecule has 2 aliphatic rings. The molecule has 0 bridgehead atoms. The van der Waals surface area contributed by atoms with Gasteiger partial charge in [0.15, 0.2) is 5.96 Å². The highest BCUT2D eigenvalue weighted by atomic mass is 127. The van der Waals surface area contributed by atoms with E-state index in [4.69, 9.17) is 10.5 Å². The molecule has 2 rings (SSSR count). The fraction of sp³-hybridized carbons (Fsp3) is 0.857. The number of amides is 1. The van der Waals surface area contributed by atoms with Crippen LogP contribution < -0.4 is 11.1 Å². The van der Waals surface area contributed by atoms with E-state index in [0.29, 0.717) is 25.7 Å². The maximum atomic E-state index is 12.1. The number of nitrogens with zero attached hydrogens (tertiary/aromatic N) is 2. The molecule has 0 aromatic rings. The number of halogens is 1. The Morgan fingerprint density at radius 3 is 2.76 bits per heavy atom. The van der Waals surface area contributed by atoms with Crippen molar-refractivity contribution in [2.75, 3.05) is 32.8 Å². The summed E-state index contributed by atoms with van der Waals surface area (Å²) in [5.41, 5.74) is 5.74. The molecule has 1 amide bonds. The molecule has 3 N–H and O–H groups in total. The molecule has 122 valence electrons. The highest BCUT2D eigenvalue weighted by molar-refractivity contribution is 14.0. The number of aliphatic imine (C=N–C) groups is 1. The van der Waals surface area contributed by atoms with Gasteiger partial charge < -0.3 is 20.7 Å². The first-order valence-corrected chi connectivity index (χ1v) is 7.52. The van der Waals surface area contributed by atoms with Gasteiger partial charge in [-0.25, -0.2) is 0 Å². The molecule has 6 nitrogen and oxygen atoms in total. The maximum absolute atomic E-state index is 12.1. The highest BCUT2D eigenvalue weighted by Gasteiger charge is 2.43. The first kappa shape index (κ1) is 18.5. The highest BCUT2D eigenvalue weighted by Crippen LogP contribution is 2.41. The van der Waals surface area contributed by atoms with Crippen molar-refractivity contribution < 1.29 is 9.53 Å². The third-order valence-corrected chi connectivity index (χ3v) is 4.24. The van der Waals surface area contributed by atoms with Crippen LogP contribution in [-0.4, -0.2) is 55.7 Å². The fourth-order valence-electron chi connectivity index (χ4n) is 2.77. The monoisotopic (exact) mass is 410 g/mol. The predicted octanol–water partition coefficient (Wildman–Crippen LogP) is 0.946. The van der Waals surface area contributed by atoms with Gasteiger partial charge in [-0.2, -0.15) is 0 Å². The van der Waals surface area contributed by atoms with Crippen molar-refractivity contribution in [1.82, 2.24) is 10.2 Å². The molecule has 1 saturated carbocycles. The zero-order valence-corrected chi connectivity index (χ0v) is 15.3. The Morgan fingerprint density at radius 2 is 2.24 bits per heavy atom. The van der Waals surface area contributed by atoms with E-state index < -0.39 is 0 Å². The van der Waals surface area contributed by atoms with Crippen LogP contribution in [-0.2, 0) is 9.53 Å². The van der Waals surface area contributed by atoms with Crippen LogP contribution in [0.15, 0.2) is 4.99 Å². The van der Waals surface area contributed by atoms with Crippen LogP contribution in [0.2, 0.25) is 0 Å². The smallest absolute Gasteiger partial charge is 0.228 e. The second-order valence-electron chi connectivity index (χ2n) is 5.80. The number of nitrogens with one attached hydrogen (secondary N) is 1. The number of ether oxygens (including phenoxy) is 1. The third-order valence-electron chi connectivity index (χ3n) is 4.24. The largest absolute Gasteiger partial charge is 0.375 e. The molecule has 1 aliphatic heterocycles. The Bertz CT molecular complexity index is 385.